The zero-order chi connectivity index (χ0) is 15.7. The Balaban J connectivity index is 2.33. The van der Waals surface area contributed by atoms with E-state index in [1.54, 1.807) is 24.3 Å². The average molecular weight is 300 g/mol. The molecule has 0 aromatic heterocycles. The number of rotatable bonds is 6. The first-order valence-electron chi connectivity index (χ1n) is 6.08. The summed E-state index contributed by atoms with van der Waals surface area (Å²) in [6.45, 7) is -0.955. The summed E-state index contributed by atoms with van der Waals surface area (Å²) in [6, 6.07) is 6.31. The van der Waals surface area contributed by atoms with Crippen LogP contribution in [0.1, 0.15) is 11.1 Å². The lowest BCUT2D eigenvalue weighted by Gasteiger charge is -2.09. The third-order valence-electron chi connectivity index (χ3n) is 2.36. The molecule has 0 radical (unpaired) electrons. The smallest absolute Gasteiger partial charge is 0.367 e. The van der Waals surface area contributed by atoms with E-state index in [1.165, 1.54) is 0 Å². The molecule has 0 bridgehead atoms. The highest BCUT2D eigenvalue weighted by molar-refractivity contribution is 5.74. The zero-order valence-corrected chi connectivity index (χ0v) is 11.2. The predicted molar refractivity (Wildman–Crippen MR) is 71.2 cm³/mol. The number of urea groups is 1. The van der Waals surface area contributed by atoms with Gasteiger partial charge in [-0.3, -0.25) is 0 Å². The molecule has 0 aliphatic carbocycles. The molecule has 114 valence electrons. The molecule has 1 rings (SSSR count). The summed E-state index contributed by atoms with van der Waals surface area (Å²) in [7, 11) is 0. The molecule has 1 aromatic carbocycles. The van der Waals surface area contributed by atoms with Gasteiger partial charge in [0.2, 0.25) is 0 Å². The van der Waals surface area contributed by atoms with E-state index in [1.807, 2.05) is 0 Å². The number of carbonyl (C=O) groups excluding carboxylic acids is 1. The molecule has 0 saturated carbocycles. The lowest BCUT2D eigenvalue weighted by atomic mass is 10.1. The molecular weight excluding hydrogens is 285 g/mol. The first-order chi connectivity index (χ1) is 9.90. The number of hydrogen-bond donors (Lipinski definition) is 2. The van der Waals surface area contributed by atoms with Crippen LogP contribution in [-0.2, 0) is 17.9 Å². The Labute approximate surface area is 120 Å². The maximum Gasteiger partial charge on any atom is 0.411 e. The van der Waals surface area contributed by atoms with Crippen molar-refractivity contribution in [3.8, 4) is 12.3 Å². The Kier molecular flexibility index (Phi) is 6.56. The zero-order valence-electron chi connectivity index (χ0n) is 11.2. The summed E-state index contributed by atoms with van der Waals surface area (Å²) in [5.74, 6) is 2.27. The molecule has 21 heavy (non-hydrogen) atoms. The van der Waals surface area contributed by atoms with Gasteiger partial charge in [-0.15, -0.1) is 6.42 Å². The van der Waals surface area contributed by atoms with Crippen molar-refractivity contribution < 1.29 is 22.7 Å². The fourth-order valence-corrected chi connectivity index (χ4v) is 1.41. The van der Waals surface area contributed by atoms with E-state index in [-0.39, 0.29) is 19.2 Å². The molecule has 0 spiro atoms. The molecule has 2 amide bonds. The van der Waals surface area contributed by atoms with Gasteiger partial charge in [0.25, 0.3) is 0 Å². The van der Waals surface area contributed by atoms with E-state index in [0.29, 0.717) is 12.1 Å². The van der Waals surface area contributed by atoms with Crippen LogP contribution in [0.3, 0.4) is 0 Å². The molecule has 7 heteroatoms. The fraction of sp³-hybridized carbons (Fsp3) is 0.357. The molecule has 0 atom stereocenters. The number of ether oxygens (including phenoxy) is 1. The number of carbonyl (C=O) groups is 1. The van der Waals surface area contributed by atoms with Crippen LogP contribution in [-0.4, -0.2) is 25.4 Å². The summed E-state index contributed by atoms with van der Waals surface area (Å²) >= 11 is 0. The monoisotopic (exact) mass is 300 g/mol. The quantitative estimate of drug-likeness (QED) is 0.791. The van der Waals surface area contributed by atoms with Crippen molar-refractivity contribution in [3.05, 3.63) is 35.4 Å². The highest BCUT2D eigenvalue weighted by Gasteiger charge is 2.27. The topological polar surface area (TPSA) is 50.4 Å². The van der Waals surface area contributed by atoms with Gasteiger partial charge in [0.05, 0.1) is 13.2 Å². The van der Waals surface area contributed by atoms with E-state index in [2.05, 4.69) is 21.3 Å². The predicted octanol–water partition coefficient (Wildman–Crippen LogP) is 2.20. The van der Waals surface area contributed by atoms with Crippen LogP contribution < -0.4 is 10.6 Å². The van der Waals surface area contributed by atoms with Gasteiger partial charge in [-0.25, -0.2) is 4.79 Å². The van der Waals surface area contributed by atoms with Crippen LogP contribution in [0.5, 0.6) is 0 Å². The van der Waals surface area contributed by atoms with Crippen molar-refractivity contribution in [1.82, 2.24) is 10.6 Å². The Hall–Kier alpha value is -2.20. The minimum absolute atomic E-state index is 0.115. The maximum absolute atomic E-state index is 11.9. The number of hydrogen-bond acceptors (Lipinski definition) is 2. The molecule has 0 unspecified atom stereocenters. The molecule has 0 aliphatic rings. The minimum Gasteiger partial charge on any atom is -0.367 e. The third kappa shape index (κ3) is 7.84. The van der Waals surface area contributed by atoms with Crippen LogP contribution in [0.25, 0.3) is 0 Å². The Morgan fingerprint density at radius 3 is 2.38 bits per heavy atom. The van der Waals surface area contributed by atoms with Gasteiger partial charge in [-0.1, -0.05) is 30.2 Å². The van der Waals surface area contributed by atoms with Gasteiger partial charge in [-0.05, 0) is 11.1 Å². The molecule has 0 aliphatic heterocycles. The van der Waals surface area contributed by atoms with Gasteiger partial charge in [0, 0.05) is 6.54 Å². The second-order valence-electron chi connectivity index (χ2n) is 4.16. The number of terminal acetylenes is 1. The van der Waals surface area contributed by atoms with Gasteiger partial charge >= 0.3 is 12.2 Å². The first kappa shape index (κ1) is 16.9. The Bertz CT molecular complexity index is 492. The van der Waals surface area contributed by atoms with Gasteiger partial charge in [0.15, 0.2) is 0 Å². The fourth-order valence-electron chi connectivity index (χ4n) is 1.41. The minimum atomic E-state index is -4.32. The van der Waals surface area contributed by atoms with Gasteiger partial charge in [0.1, 0.15) is 6.61 Å². The van der Waals surface area contributed by atoms with Crippen LogP contribution in [0, 0.1) is 12.3 Å². The summed E-state index contributed by atoms with van der Waals surface area (Å²) in [5, 5.41) is 5.03. The normalized spacial score (nSPS) is 10.8. The van der Waals surface area contributed by atoms with Crippen molar-refractivity contribution >= 4 is 6.03 Å². The van der Waals surface area contributed by atoms with E-state index in [0.717, 1.165) is 5.56 Å². The van der Waals surface area contributed by atoms with Crippen LogP contribution >= 0.6 is 0 Å². The van der Waals surface area contributed by atoms with Crippen LogP contribution in [0.2, 0.25) is 0 Å². The summed E-state index contributed by atoms with van der Waals surface area (Å²) in [6.07, 6.45) is 0.669. The van der Waals surface area contributed by atoms with Crippen molar-refractivity contribution in [2.24, 2.45) is 0 Å². The number of nitrogens with one attached hydrogen (secondary N) is 2. The standard InChI is InChI=1S/C14H15F3N2O2/c1-2-7-18-13(20)19-8-11-3-5-12(6-4-11)9-21-10-14(15,16)17/h1,3-6H,7-10H2,(H2,18,19,20). The highest BCUT2D eigenvalue weighted by Crippen LogP contribution is 2.15. The number of benzene rings is 1. The second kappa shape index (κ2) is 8.17. The number of amides is 2. The third-order valence-corrected chi connectivity index (χ3v) is 2.36. The Morgan fingerprint density at radius 2 is 1.81 bits per heavy atom. The van der Waals surface area contributed by atoms with E-state index >= 15 is 0 Å². The number of halogens is 3. The van der Waals surface area contributed by atoms with Gasteiger partial charge < -0.3 is 15.4 Å². The van der Waals surface area contributed by atoms with Crippen molar-refractivity contribution in [2.45, 2.75) is 19.3 Å². The average Bonchev–Trinajstić information content (AvgIpc) is 2.43. The van der Waals surface area contributed by atoms with E-state index in [9.17, 15) is 18.0 Å². The summed E-state index contributed by atoms with van der Waals surface area (Å²) in [4.78, 5) is 11.2. The first-order valence-corrected chi connectivity index (χ1v) is 6.08. The molecule has 4 nitrogen and oxygen atoms in total. The Morgan fingerprint density at radius 1 is 1.19 bits per heavy atom. The van der Waals surface area contributed by atoms with Crippen molar-refractivity contribution in [3.63, 3.8) is 0 Å². The molecule has 0 heterocycles. The molecular formula is C14H15F3N2O2. The highest BCUT2D eigenvalue weighted by atomic mass is 19.4. The molecule has 0 fully saturated rings. The molecule has 0 saturated heterocycles. The largest absolute Gasteiger partial charge is 0.411 e. The van der Waals surface area contributed by atoms with Crippen LogP contribution in [0.4, 0.5) is 18.0 Å². The molecule has 1 aromatic rings. The summed E-state index contributed by atoms with van der Waals surface area (Å²) in [5.41, 5.74) is 1.44. The SMILES string of the molecule is C#CCNC(=O)NCc1ccc(COCC(F)(F)F)cc1. The lowest BCUT2D eigenvalue weighted by molar-refractivity contribution is -0.176. The van der Waals surface area contributed by atoms with Gasteiger partial charge in [-0.2, -0.15) is 13.2 Å². The molecule has 2 N–H and O–H groups in total. The van der Waals surface area contributed by atoms with Crippen molar-refractivity contribution in [1.29, 1.82) is 0 Å². The van der Waals surface area contributed by atoms with Crippen molar-refractivity contribution in [2.75, 3.05) is 13.2 Å². The van der Waals surface area contributed by atoms with E-state index < -0.39 is 12.8 Å². The van der Waals surface area contributed by atoms with E-state index in [4.69, 9.17) is 6.42 Å². The lowest BCUT2D eigenvalue weighted by Crippen LogP contribution is -2.35. The van der Waals surface area contributed by atoms with Crippen LogP contribution in [0.15, 0.2) is 24.3 Å². The summed E-state index contributed by atoms with van der Waals surface area (Å²) < 4.78 is 40.3. The number of alkyl halides is 3. The second-order valence-corrected chi connectivity index (χ2v) is 4.16. The maximum atomic E-state index is 11.9.